The molecule has 1 saturated carbocycles. The fraction of sp³-hybridized carbons (Fsp3) is 0.706. The number of rotatable bonds is 5. The summed E-state index contributed by atoms with van der Waals surface area (Å²) in [7, 11) is 4.48. The Morgan fingerprint density at radius 1 is 1.29 bits per heavy atom. The van der Waals surface area contributed by atoms with Gasteiger partial charge in [-0.1, -0.05) is 0 Å². The molecule has 2 heterocycles. The highest BCUT2D eigenvalue weighted by Gasteiger charge is 2.24. The molecule has 0 spiro atoms. The van der Waals surface area contributed by atoms with Gasteiger partial charge >= 0.3 is 0 Å². The minimum absolute atomic E-state index is 0.655. The van der Waals surface area contributed by atoms with Gasteiger partial charge in [-0.15, -0.1) is 0 Å². The average molecular weight is 288 g/mol. The van der Waals surface area contributed by atoms with E-state index in [0.29, 0.717) is 6.04 Å². The molecule has 2 fully saturated rings. The molecule has 3 rings (SSSR count). The monoisotopic (exact) mass is 288 g/mol. The lowest BCUT2D eigenvalue weighted by molar-refractivity contribution is 0.252. The van der Waals surface area contributed by atoms with E-state index < -0.39 is 0 Å². The minimum Gasteiger partial charge on any atom is -0.371 e. The minimum atomic E-state index is 0.655. The van der Waals surface area contributed by atoms with Crippen LogP contribution in [0.2, 0.25) is 0 Å². The maximum atomic E-state index is 4.50. The van der Waals surface area contributed by atoms with Crippen LogP contribution in [0.5, 0.6) is 0 Å². The lowest BCUT2D eigenvalue weighted by atomic mass is 10.0. The van der Waals surface area contributed by atoms with Gasteiger partial charge in [0, 0.05) is 48.8 Å². The third-order valence-corrected chi connectivity index (χ3v) is 4.87. The highest BCUT2D eigenvalue weighted by atomic mass is 15.2. The van der Waals surface area contributed by atoms with Gasteiger partial charge in [0.15, 0.2) is 0 Å². The van der Waals surface area contributed by atoms with E-state index in [1.807, 2.05) is 0 Å². The number of hydrogen-bond donors (Lipinski definition) is 1. The molecule has 0 radical (unpaired) electrons. The Balaban J connectivity index is 1.73. The van der Waals surface area contributed by atoms with Crippen LogP contribution in [0.3, 0.4) is 0 Å². The predicted molar refractivity (Wildman–Crippen MR) is 87.8 cm³/mol. The Hall–Kier alpha value is -1.13. The molecule has 4 heteroatoms. The summed E-state index contributed by atoms with van der Waals surface area (Å²) < 4.78 is 0. The van der Waals surface area contributed by atoms with E-state index in [1.54, 1.807) is 0 Å². The van der Waals surface area contributed by atoms with Gasteiger partial charge in [0.05, 0.1) is 0 Å². The number of piperidine rings is 1. The van der Waals surface area contributed by atoms with E-state index >= 15 is 0 Å². The lowest BCUT2D eigenvalue weighted by Crippen LogP contribution is -2.42. The van der Waals surface area contributed by atoms with Gasteiger partial charge in [0.2, 0.25) is 0 Å². The Labute approximate surface area is 128 Å². The third-order valence-electron chi connectivity index (χ3n) is 4.87. The summed E-state index contributed by atoms with van der Waals surface area (Å²) >= 11 is 0. The Kier molecular flexibility index (Phi) is 4.45. The highest BCUT2D eigenvalue weighted by molar-refractivity contribution is 5.54. The number of anilines is 1. The highest BCUT2D eigenvalue weighted by Crippen LogP contribution is 2.27. The first-order chi connectivity index (χ1) is 10.1. The number of hydrogen-bond acceptors (Lipinski definition) is 4. The quantitative estimate of drug-likeness (QED) is 0.900. The summed E-state index contributed by atoms with van der Waals surface area (Å²) in [6.45, 7) is 5.44. The normalized spacial score (nSPS) is 20.7. The van der Waals surface area contributed by atoms with Crippen molar-refractivity contribution >= 4 is 5.69 Å². The molecule has 1 aliphatic carbocycles. The van der Waals surface area contributed by atoms with Crippen LogP contribution in [0.15, 0.2) is 12.3 Å². The van der Waals surface area contributed by atoms with Gasteiger partial charge in [-0.2, -0.15) is 0 Å². The molecule has 0 aromatic carbocycles. The second kappa shape index (κ2) is 6.32. The Morgan fingerprint density at radius 3 is 2.67 bits per heavy atom. The summed E-state index contributed by atoms with van der Waals surface area (Å²) in [5.74, 6) is 0. The maximum Gasteiger partial charge on any atom is 0.0445 e. The van der Waals surface area contributed by atoms with Gasteiger partial charge in [-0.05, 0) is 58.8 Å². The molecule has 116 valence electrons. The van der Waals surface area contributed by atoms with E-state index in [2.05, 4.69) is 53.4 Å². The number of aromatic nitrogens is 1. The van der Waals surface area contributed by atoms with Crippen molar-refractivity contribution in [3.8, 4) is 0 Å². The summed E-state index contributed by atoms with van der Waals surface area (Å²) in [5, 5.41) is 3.62. The summed E-state index contributed by atoms with van der Waals surface area (Å²) in [6.07, 6.45) is 7.23. The number of likely N-dealkylation sites (tertiary alicyclic amines) is 1. The van der Waals surface area contributed by atoms with Crippen LogP contribution in [-0.4, -0.2) is 49.2 Å². The van der Waals surface area contributed by atoms with Gasteiger partial charge < -0.3 is 15.1 Å². The molecule has 0 bridgehead atoms. The number of aryl methyl sites for hydroxylation is 1. The molecule has 2 aliphatic rings. The zero-order valence-electron chi connectivity index (χ0n) is 13.6. The second-order valence-corrected chi connectivity index (χ2v) is 6.75. The number of nitrogens with zero attached hydrogens (tertiary/aromatic N) is 3. The fourth-order valence-electron chi connectivity index (χ4n) is 3.16. The van der Waals surface area contributed by atoms with Crippen LogP contribution in [-0.2, 0) is 6.54 Å². The van der Waals surface area contributed by atoms with Crippen molar-refractivity contribution in [1.29, 1.82) is 0 Å². The van der Waals surface area contributed by atoms with Crippen molar-refractivity contribution in [2.24, 2.45) is 0 Å². The zero-order valence-corrected chi connectivity index (χ0v) is 13.6. The molecular weight excluding hydrogens is 260 g/mol. The third kappa shape index (κ3) is 3.74. The van der Waals surface area contributed by atoms with E-state index in [1.165, 1.54) is 50.0 Å². The molecule has 21 heavy (non-hydrogen) atoms. The molecule has 0 unspecified atom stereocenters. The van der Waals surface area contributed by atoms with Crippen molar-refractivity contribution in [3.63, 3.8) is 0 Å². The van der Waals surface area contributed by atoms with Crippen LogP contribution in [0.1, 0.15) is 36.9 Å². The first-order valence-corrected chi connectivity index (χ1v) is 8.24. The van der Waals surface area contributed by atoms with E-state index in [4.69, 9.17) is 0 Å². The van der Waals surface area contributed by atoms with Crippen LogP contribution < -0.4 is 10.2 Å². The van der Waals surface area contributed by atoms with Crippen molar-refractivity contribution in [3.05, 3.63) is 23.5 Å². The van der Waals surface area contributed by atoms with Crippen LogP contribution in [0, 0.1) is 6.92 Å². The summed E-state index contributed by atoms with van der Waals surface area (Å²) in [4.78, 5) is 9.42. The van der Waals surface area contributed by atoms with Crippen LogP contribution >= 0.6 is 0 Å². The van der Waals surface area contributed by atoms with Gasteiger partial charge in [-0.25, -0.2) is 0 Å². The average Bonchev–Trinajstić information content (AvgIpc) is 3.30. The Bertz CT molecular complexity index is 476. The van der Waals surface area contributed by atoms with E-state index in [9.17, 15) is 0 Å². The predicted octanol–water partition coefficient (Wildman–Crippen LogP) is 2.17. The van der Waals surface area contributed by atoms with Crippen molar-refractivity contribution in [2.45, 2.75) is 51.2 Å². The smallest absolute Gasteiger partial charge is 0.0445 e. The summed E-state index contributed by atoms with van der Waals surface area (Å²) in [5.41, 5.74) is 3.82. The molecule has 1 saturated heterocycles. The molecule has 1 N–H and O–H groups in total. The van der Waals surface area contributed by atoms with E-state index in [0.717, 1.165) is 18.3 Å². The van der Waals surface area contributed by atoms with E-state index in [-0.39, 0.29) is 0 Å². The first kappa shape index (κ1) is 14.8. The largest absolute Gasteiger partial charge is 0.371 e. The number of nitrogens with one attached hydrogen (secondary N) is 1. The standard InChI is InChI=1S/C17H28N4/c1-13-10-17(14(11-18-13)12-19-15-4-5-15)21(3)16-6-8-20(2)9-7-16/h10-11,15-16,19H,4-9,12H2,1-3H3. The Morgan fingerprint density at radius 2 is 2.00 bits per heavy atom. The summed E-state index contributed by atoms with van der Waals surface area (Å²) in [6, 6.07) is 3.65. The zero-order chi connectivity index (χ0) is 14.8. The van der Waals surface area contributed by atoms with Gasteiger partial charge in [-0.3, -0.25) is 4.98 Å². The van der Waals surface area contributed by atoms with Crippen molar-refractivity contribution in [1.82, 2.24) is 15.2 Å². The topological polar surface area (TPSA) is 31.4 Å². The lowest BCUT2D eigenvalue weighted by Gasteiger charge is -2.37. The van der Waals surface area contributed by atoms with Gasteiger partial charge in [0.1, 0.15) is 0 Å². The molecule has 4 nitrogen and oxygen atoms in total. The fourth-order valence-corrected chi connectivity index (χ4v) is 3.16. The molecule has 1 aliphatic heterocycles. The SMILES string of the molecule is Cc1cc(N(C)C2CCN(C)CC2)c(CNC2CC2)cn1. The first-order valence-electron chi connectivity index (χ1n) is 8.24. The van der Waals surface area contributed by atoms with Crippen LogP contribution in [0.4, 0.5) is 5.69 Å². The van der Waals surface area contributed by atoms with Crippen molar-refractivity contribution in [2.75, 3.05) is 32.1 Å². The maximum absolute atomic E-state index is 4.50. The van der Waals surface area contributed by atoms with Crippen molar-refractivity contribution < 1.29 is 0 Å². The number of pyridine rings is 1. The molecule has 0 amide bonds. The molecule has 1 aromatic heterocycles. The van der Waals surface area contributed by atoms with Gasteiger partial charge in [0.25, 0.3) is 0 Å². The second-order valence-electron chi connectivity index (χ2n) is 6.75. The molecular formula is C17H28N4. The van der Waals surface area contributed by atoms with Crippen LogP contribution in [0.25, 0.3) is 0 Å². The molecule has 1 aromatic rings. The molecule has 0 atom stereocenters.